The molecular formula is C21H22F2N4O2S. The lowest BCUT2D eigenvalue weighted by atomic mass is 9.96. The van der Waals surface area contributed by atoms with Crippen LogP contribution in [-0.4, -0.2) is 27.5 Å². The average molecular weight is 432 g/mol. The van der Waals surface area contributed by atoms with Crippen molar-refractivity contribution < 1.29 is 13.5 Å². The maximum Gasteiger partial charge on any atom is 0.346 e. The standard InChI is InChI=1S/C21H22F2N4O2S/c1-13-16-3-2-8-29-18(16)6-5-17(13)19-7-4-15(30-19)11-26-12-25-27(21(26)28)10-14(9-24)20(22)23/h4-7,12H,2-3,8-11,24H2,1H3. The lowest BCUT2D eigenvalue weighted by Crippen LogP contribution is -2.27. The molecule has 0 unspecified atom stereocenters. The summed E-state index contributed by atoms with van der Waals surface area (Å²) in [5, 5.41) is 3.94. The highest BCUT2D eigenvalue weighted by Crippen LogP contribution is 2.37. The minimum Gasteiger partial charge on any atom is -0.493 e. The van der Waals surface area contributed by atoms with Crippen molar-refractivity contribution in [3.63, 3.8) is 0 Å². The molecule has 0 saturated carbocycles. The molecule has 0 amide bonds. The van der Waals surface area contributed by atoms with E-state index in [1.54, 1.807) is 11.3 Å². The van der Waals surface area contributed by atoms with E-state index < -0.39 is 11.8 Å². The van der Waals surface area contributed by atoms with E-state index in [1.807, 2.05) is 18.2 Å². The number of halogens is 2. The highest BCUT2D eigenvalue weighted by Gasteiger charge is 2.17. The lowest BCUT2D eigenvalue weighted by Gasteiger charge is -2.20. The zero-order valence-corrected chi connectivity index (χ0v) is 17.3. The molecule has 1 aliphatic heterocycles. The quantitative estimate of drug-likeness (QED) is 0.646. The van der Waals surface area contributed by atoms with Gasteiger partial charge in [0.15, 0.2) is 0 Å². The Hall–Kier alpha value is -2.78. The minimum atomic E-state index is -1.87. The molecule has 0 fully saturated rings. The molecule has 2 N–H and O–H groups in total. The molecule has 1 aliphatic rings. The molecule has 0 aliphatic carbocycles. The van der Waals surface area contributed by atoms with Gasteiger partial charge in [-0.15, -0.1) is 11.3 Å². The van der Waals surface area contributed by atoms with Gasteiger partial charge in [-0.3, -0.25) is 4.57 Å². The fourth-order valence-corrected chi connectivity index (χ4v) is 4.71. The van der Waals surface area contributed by atoms with Gasteiger partial charge in [-0.25, -0.2) is 9.48 Å². The number of aromatic nitrogens is 3. The number of rotatable bonds is 6. The number of hydrogen-bond donors (Lipinski definition) is 1. The van der Waals surface area contributed by atoms with Crippen LogP contribution in [0, 0.1) is 6.92 Å². The third-order valence-electron chi connectivity index (χ3n) is 5.29. The smallest absolute Gasteiger partial charge is 0.346 e. The van der Waals surface area contributed by atoms with Gasteiger partial charge < -0.3 is 10.5 Å². The summed E-state index contributed by atoms with van der Waals surface area (Å²) in [5.74, 6) is 0.967. The van der Waals surface area contributed by atoms with E-state index in [4.69, 9.17) is 10.5 Å². The number of ether oxygens (including phenoxy) is 1. The highest BCUT2D eigenvalue weighted by molar-refractivity contribution is 7.15. The van der Waals surface area contributed by atoms with Crippen molar-refractivity contribution in [3.05, 3.63) is 68.7 Å². The molecule has 1 aromatic carbocycles. The fraction of sp³-hybridized carbons (Fsp3) is 0.333. The van der Waals surface area contributed by atoms with Gasteiger partial charge in [0.05, 0.1) is 19.7 Å². The molecule has 158 valence electrons. The van der Waals surface area contributed by atoms with Crippen molar-refractivity contribution in [2.45, 2.75) is 32.9 Å². The van der Waals surface area contributed by atoms with E-state index >= 15 is 0 Å². The second-order valence-corrected chi connectivity index (χ2v) is 8.37. The van der Waals surface area contributed by atoms with Gasteiger partial charge in [0.1, 0.15) is 12.1 Å². The van der Waals surface area contributed by atoms with Gasteiger partial charge in [0, 0.05) is 21.9 Å². The summed E-state index contributed by atoms with van der Waals surface area (Å²) < 4.78 is 33.8. The van der Waals surface area contributed by atoms with Crippen LogP contribution in [0.4, 0.5) is 8.78 Å². The van der Waals surface area contributed by atoms with Crippen molar-refractivity contribution >= 4 is 11.3 Å². The zero-order chi connectivity index (χ0) is 21.3. The summed E-state index contributed by atoms with van der Waals surface area (Å²) in [7, 11) is 0. The molecule has 0 bridgehead atoms. The van der Waals surface area contributed by atoms with Crippen LogP contribution in [0.3, 0.4) is 0 Å². The topological polar surface area (TPSA) is 75.1 Å². The van der Waals surface area contributed by atoms with E-state index in [1.165, 1.54) is 22.0 Å². The normalized spacial score (nSPS) is 13.1. The van der Waals surface area contributed by atoms with E-state index in [2.05, 4.69) is 18.1 Å². The minimum absolute atomic E-state index is 0.298. The first kappa shape index (κ1) is 20.5. The monoisotopic (exact) mass is 432 g/mol. The Morgan fingerprint density at radius 3 is 2.90 bits per heavy atom. The van der Waals surface area contributed by atoms with Crippen molar-refractivity contribution in [2.75, 3.05) is 13.2 Å². The van der Waals surface area contributed by atoms with E-state index in [-0.39, 0.29) is 18.7 Å². The van der Waals surface area contributed by atoms with Crippen molar-refractivity contribution in [2.24, 2.45) is 5.73 Å². The summed E-state index contributed by atoms with van der Waals surface area (Å²) in [6, 6.07) is 8.12. The Labute approximate surface area is 176 Å². The molecule has 4 rings (SSSR count). The van der Waals surface area contributed by atoms with Crippen molar-refractivity contribution in [1.29, 1.82) is 0 Å². The van der Waals surface area contributed by atoms with Gasteiger partial charge in [-0.1, -0.05) is 0 Å². The first-order valence-corrected chi connectivity index (χ1v) is 10.5. The van der Waals surface area contributed by atoms with Crippen LogP contribution in [0.5, 0.6) is 5.75 Å². The number of hydrogen-bond acceptors (Lipinski definition) is 5. The lowest BCUT2D eigenvalue weighted by molar-refractivity contribution is 0.288. The summed E-state index contributed by atoms with van der Waals surface area (Å²) in [4.78, 5) is 14.6. The van der Waals surface area contributed by atoms with Crippen LogP contribution < -0.4 is 16.2 Å². The highest BCUT2D eigenvalue weighted by atomic mass is 32.1. The molecule has 0 atom stereocenters. The van der Waals surface area contributed by atoms with Crippen LogP contribution in [0.1, 0.15) is 22.4 Å². The summed E-state index contributed by atoms with van der Waals surface area (Å²) in [6.45, 7) is 2.58. The third-order valence-corrected chi connectivity index (χ3v) is 6.39. The molecule has 0 saturated heterocycles. The molecular weight excluding hydrogens is 410 g/mol. The summed E-state index contributed by atoms with van der Waals surface area (Å²) in [5.41, 5.74) is 8.22. The van der Waals surface area contributed by atoms with Crippen LogP contribution in [0.2, 0.25) is 0 Å². The number of nitrogens with zero attached hydrogens (tertiary/aromatic N) is 3. The SMILES string of the molecule is Cc1c(-c2ccc(Cn3cnn(CC(CN)=C(F)F)c3=O)s2)ccc2c1CCCO2. The van der Waals surface area contributed by atoms with Crippen LogP contribution in [0.15, 0.2) is 47.0 Å². The van der Waals surface area contributed by atoms with Crippen LogP contribution >= 0.6 is 11.3 Å². The number of nitrogens with two attached hydrogens (primary N) is 1. The Balaban J connectivity index is 1.55. The third kappa shape index (κ3) is 3.95. The zero-order valence-electron chi connectivity index (χ0n) is 16.5. The van der Waals surface area contributed by atoms with Gasteiger partial charge in [-0.2, -0.15) is 13.9 Å². The fourth-order valence-electron chi connectivity index (χ4n) is 3.62. The molecule has 3 heterocycles. The Kier molecular flexibility index (Phi) is 5.83. The molecule has 0 radical (unpaired) electrons. The Morgan fingerprint density at radius 2 is 2.13 bits per heavy atom. The maximum atomic E-state index is 12.8. The molecule has 3 aromatic rings. The van der Waals surface area contributed by atoms with Gasteiger partial charge in [0.25, 0.3) is 6.08 Å². The molecule has 2 aromatic heterocycles. The van der Waals surface area contributed by atoms with E-state index in [0.29, 0.717) is 6.54 Å². The average Bonchev–Trinajstić information content (AvgIpc) is 3.34. The largest absolute Gasteiger partial charge is 0.493 e. The molecule has 30 heavy (non-hydrogen) atoms. The van der Waals surface area contributed by atoms with E-state index in [0.717, 1.165) is 45.2 Å². The van der Waals surface area contributed by atoms with Gasteiger partial charge in [-0.05, 0) is 60.7 Å². The molecule has 0 spiro atoms. The van der Waals surface area contributed by atoms with Crippen LogP contribution in [-0.2, 0) is 19.5 Å². The predicted octanol–water partition coefficient (Wildman–Crippen LogP) is 3.56. The summed E-state index contributed by atoms with van der Waals surface area (Å²) in [6.07, 6.45) is 1.54. The van der Waals surface area contributed by atoms with Crippen LogP contribution in [0.25, 0.3) is 10.4 Å². The number of benzene rings is 1. The molecule has 9 heteroatoms. The maximum absolute atomic E-state index is 12.8. The van der Waals surface area contributed by atoms with Gasteiger partial charge in [0.2, 0.25) is 0 Å². The van der Waals surface area contributed by atoms with Crippen molar-refractivity contribution in [1.82, 2.24) is 14.3 Å². The van der Waals surface area contributed by atoms with Gasteiger partial charge >= 0.3 is 5.69 Å². The predicted molar refractivity (Wildman–Crippen MR) is 112 cm³/mol. The molecule has 6 nitrogen and oxygen atoms in total. The number of thiophene rings is 1. The van der Waals surface area contributed by atoms with E-state index in [9.17, 15) is 13.6 Å². The number of fused-ring (bicyclic) bond motifs is 1. The first-order valence-electron chi connectivity index (χ1n) is 9.67. The second-order valence-electron chi connectivity index (χ2n) is 7.20. The Bertz CT molecular complexity index is 1160. The first-order chi connectivity index (χ1) is 14.5. The van der Waals surface area contributed by atoms with Crippen molar-refractivity contribution in [3.8, 4) is 16.2 Å². The Morgan fingerprint density at radius 1 is 1.30 bits per heavy atom. The summed E-state index contributed by atoms with van der Waals surface area (Å²) >= 11 is 1.60. The second kappa shape index (κ2) is 8.53.